The summed E-state index contributed by atoms with van der Waals surface area (Å²) in [6, 6.07) is 8.17. The topological polar surface area (TPSA) is 102 Å². The molecule has 3 aromatic rings. The van der Waals surface area contributed by atoms with E-state index in [1.54, 1.807) is 0 Å². The summed E-state index contributed by atoms with van der Waals surface area (Å²) in [5.41, 5.74) is 0. The first-order valence-corrected chi connectivity index (χ1v) is 10.6. The number of anilines is 1. The molecule has 1 amide bonds. The minimum Gasteiger partial charge on any atom is -0.439 e. The monoisotopic (exact) mass is 415 g/mol. The first-order valence-electron chi connectivity index (χ1n) is 6.69. The van der Waals surface area contributed by atoms with Crippen molar-refractivity contribution in [2.45, 2.75) is 15.1 Å². The van der Waals surface area contributed by atoms with Gasteiger partial charge in [-0.2, -0.15) is 9.36 Å². The van der Waals surface area contributed by atoms with Crippen molar-refractivity contribution in [3.63, 3.8) is 0 Å². The van der Waals surface area contributed by atoms with Gasteiger partial charge < -0.3 is 4.42 Å². The first kappa shape index (κ1) is 17.9. The fourth-order valence-corrected chi connectivity index (χ4v) is 4.24. The van der Waals surface area contributed by atoms with Crippen LogP contribution in [0, 0.1) is 0 Å². The van der Waals surface area contributed by atoms with Gasteiger partial charge in [0, 0.05) is 16.6 Å². The maximum absolute atomic E-state index is 12.5. The molecule has 1 N–H and O–H groups in total. The number of halogens is 1. The fourth-order valence-electron chi connectivity index (χ4n) is 1.82. The van der Waals surface area contributed by atoms with Crippen molar-refractivity contribution in [1.82, 2.24) is 9.36 Å². The Morgan fingerprint density at radius 1 is 1.24 bits per heavy atom. The van der Waals surface area contributed by atoms with Crippen LogP contribution >= 0.6 is 34.9 Å². The lowest BCUT2D eigenvalue weighted by atomic mass is 10.4. The van der Waals surface area contributed by atoms with E-state index in [1.165, 1.54) is 48.2 Å². The molecule has 0 unspecified atom stereocenters. The lowest BCUT2D eigenvalue weighted by Gasteiger charge is -2.01. The van der Waals surface area contributed by atoms with E-state index in [0.717, 1.165) is 11.5 Å². The summed E-state index contributed by atoms with van der Waals surface area (Å²) in [4.78, 5) is 16.2. The summed E-state index contributed by atoms with van der Waals surface area (Å²) in [6.45, 7) is 0. The number of sulfone groups is 1. The zero-order valence-electron chi connectivity index (χ0n) is 12.6. The number of nitrogens with one attached hydrogen (secondary N) is 1. The molecule has 2 heterocycles. The van der Waals surface area contributed by atoms with Crippen LogP contribution in [-0.4, -0.2) is 29.9 Å². The van der Waals surface area contributed by atoms with Crippen LogP contribution < -0.4 is 5.32 Å². The lowest BCUT2D eigenvalue weighted by molar-refractivity contribution is 0.0991. The Morgan fingerprint density at radius 2 is 1.96 bits per heavy atom. The molecule has 0 bridgehead atoms. The molecular formula is C14H10ClN3O4S3. The predicted octanol–water partition coefficient (Wildman–Crippen LogP) is 3.59. The number of nitrogens with zero attached hydrogens (tertiary/aromatic N) is 2. The lowest BCUT2D eigenvalue weighted by Crippen LogP contribution is -2.10. The third-order valence-corrected chi connectivity index (χ3v) is 6.19. The van der Waals surface area contributed by atoms with Crippen molar-refractivity contribution in [2.24, 2.45) is 0 Å². The Hall–Kier alpha value is -1.88. The van der Waals surface area contributed by atoms with E-state index in [4.69, 9.17) is 16.0 Å². The van der Waals surface area contributed by atoms with Crippen LogP contribution in [0.5, 0.6) is 0 Å². The van der Waals surface area contributed by atoms with Crippen molar-refractivity contribution < 1.29 is 17.6 Å². The van der Waals surface area contributed by atoms with Crippen LogP contribution in [-0.2, 0) is 9.84 Å². The number of carbonyl (C=O) groups excluding carboxylic acids is 1. The molecule has 25 heavy (non-hydrogen) atoms. The van der Waals surface area contributed by atoms with E-state index >= 15 is 0 Å². The van der Waals surface area contributed by atoms with Crippen LogP contribution in [0.15, 0.2) is 56.0 Å². The smallest absolute Gasteiger partial charge is 0.293 e. The summed E-state index contributed by atoms with van der Waals surface area (Å²) in [6.07, 6.45) is 1.81. The Morgan fingerprint density at radius 3 is 2.60 bits per heavy atom. The summed E-state index contributed by atoms with van der Waals surface area (Å²) in [5.74, 6) is -0.755. The van der Waals surface area contributed by atoms with Gasteiger partial charge in [0.25, 0.3) is 5.91 Å². The van der Waals surface area contributed by atoms with E-state index in [0.29, 0.717) is 15.3 Å². The van der Waals surface area contributed by atoms with Gasteiger partial charge in [-0.3, -0.25) is 10.1 Å². The number of hydrogen-bond donors (Lipinski definition) is 1. The number of amides is 1. The number of hydrogen-bond acceptors (Lipinski definition) is 8. The maximum atomic E-state index is 12.5. The quantitative estimate of drug-likeness (QED) is 0.635. The van der Waals surface area contributed by atoms with Crippen LogP contribution in [0.25, 0.3) is 0 Å². The highest BCUT2D eigenvalue weighted by atomic mass is 35.5. The van der Waals surface area contributed by atoms with E-state index in [-0.39, 0.29) is 15.7 Å². The number of furan rings is 1. The van der Waals surface area contributed by atoms with Gasteiger partial charge in [0.05, 0.1) is 4.90 Å². The molecule has 11 heteroatoms. The Kier molecular flexibility index (Phi) is 5.13. The van der Waals surface area contributed by atoms with Crippen molar-refractivity contribution in [1.29, 1.82) is 0 Å². The maximum Gasteiger partial charge on any atom is 0.293 e. The van der Waals surface area contributed by atoms with Gasteiger partial charge in [0.1, 0.15) is 0 Å². The first-order chi connectivity index (χ1) is 11.9. The average Bonchev–Trinajstić information content (AvgIpc) is 3.24. The van der Waals surface area contributed by atoms with Crippen molar-refractivity contribution in [3.8, 4) is 0 Å². The van der Waals surface area contributed by atoms with Gasteiger partial charge in [0.2, 0.25) is 25.2 Å². The molecule has 130 valence electrons. The minimum absolute atomic E-state index is 0.0203. The van der Waals surface area contributed by atoms with Crippen molar-refractivity contribution in [2.75, 3.05) is 11.6 Å². The largest absolute Gasteiger partial charge is 0.439 e. The van der Waals surface area contributed by atoms with Gasteiger partial charge in [-0.15, -0.1) is 0 Å². The third-order valence-electron chi connectivity index (χ3n) is 3.00. The van der Waals surface area contributed by atoms with Gasteiger partial charge in [0.15, 0.2) is 5.76 Å². The number of aromatic nitrogens is 2. The molecule has 0 aliphatic carbocycles. The molecule has 3 rings (SSSR count). The molecule has 7 nitrogen and oxygen atoms in total. The van der Waals surface area contributed by atoms with Gasteiger partial charge in [-0.25, -0.2) is 8.42 Å². The normalized spacial score (nSPS) is 11.4. The Bertz CT molecular complexity index is 1010. The summed E-state index contributed by atoms with van der Waals surface area (Å²) < 4.78 is 34.2. The van der Waals surface area contributed by atoms with Crippen LogP contribution in [0.2, 0.25) is 5.02 Å². The SMILES string of the molecule is CSc1nsc(NC(=O)c2ccc(S(=O)(=O)c3ccc(Cl)cc3)o2)n1. The second-order valence-corrected chi connectivity index (χ2v) is 8.46. The highest BCUT2D eigenvalue weighted by Gasteiger charge is 2.24. The average molecular weight is 416 g/mol. The van der Waals surface area contributed by atoms with Crippen LogP contribution in [0.3, 0.4) is 0 Å². The predicted molar refractivity (Wildman–Crippen MR) is 95.3 cm³/mol. The molecule has 0 spiro atoms. The van der Waals surface area contributed by atoms with E-state index < -0.39 is 15.7 Å². The highest BCUT2D eigenvalue weighted by molar-refractivity contribution is 7.98. The molecule has 0 atom stereocenters. The molecule has 0 saturated carbocycles. The minimum atomic E-state index is -3.88. The van der Waals surface area contributed by atoms with Crippen LogP contribution in [0.4, 0.5) is 5.13 Å². The Balaban J connectivity index is 1.81. The van der Waals surface area contributed by atoms with Gasteiger partial charge >= 0.3 is 0 Å². The van der Waals surface area contributed by atoms with E-state index in [1.807, 2.05) is 6.26 Å². The highest BCUT2D eigenvalue weighted by Crippen LogP contribution is 2.25. The number of thioether (sulfide) groups is 1. The number of benzene rings is 1. The van der Waals surface area contributed by atoms with Crippen molar-refractivity contribution >= 4 is 55.8 Å². The van der Waals surface area contributed by atoms with Gasteiger partial charge in [-0.05, 0) is 42.7 Å². The second kappa shape index (κ2) is 7.16. The number of carbonyl (C=O) groups is 1. The Labute approximate surface area is 156 Å². The molecule has 0 aliphatic heterocycles. The van der Waals surface area contributed by atoms with Gasteiger partial charge in [-0.1, -0.05) is 23.4 Å². The third kappa shape index (κ3) is 3.87. The molecule has 0 radical (unpaired) electrons. The summed E-state index contributed by atoms with van der Waals surface area (Å²) in [5, 5.41) is 3.43. The second-order valence-electron chi connectivity index (χ2n) is 4.62. The molecular weight excluding hydrogens is 406 g/mol. The molecule has 1 aromatic carbocycles. The number of rotatable bonds is 5. The van der Waals surface area contributed by atoms with Crippen LogP contribution in [0.1, 0.15) is 10.6 Å². The molecule has 0 saturated heterocycles. The zero-order valence-corrected chi connectivity index (χ0v) is 15.8. The van der Waals surface area contributed by atoms with E-state index in [9.17, 15) is 13.2 Å². The van der Waals surface area contributed by atoms with Crippen molar-refractivity contribution in [3.05, 3.63) is 47.2 Å². The van der Waals surface area contributed by atoms with E-state index in [2.05, 4.69) is 14.7 Å². The molecule has 0 aliphatic rings. The zero-order chi connectivity index (χ0) is 18.0. The summed E-state index contributed by atoms with van der Waals surface area (Å²) >= 11 is 8.12. The fraction of sp³-hybridized carbons (Fsp3) is 0.0714. The summed E-state index contributed by atoms with van der Waals surface area (Å²) in [7, 11) is -3.88. The molecule has 0 fully saturated rings. The molecule has 2 aromatic heterocycles. The standard InChI is InChI=1S/C14H10ClN3O4S3/c1-23-14-17-13(24-18-14)16-12(19)10-6-7-11(22-10)25(20,21)9-4-2-8(15)3-5-9/h2-7H,1H3,(H,16,17,18,19).